The first-order valence-electron chi connectivity index (χ1n) is 7.90. The highest BCUT2D eigenvalue weighted by atomic mass is 16.5. The van der Waals surface area contributed by atoms with Gasteiger partial charge in [-0.2, -0.15) is 0 Å². The van der Waals surface area contributed by atoms with Crippen molar-refractivity contribution in [2.24, 2.45) is 0 Å². The number of fused-ring (bicyclic) bond motifs is 1. The first kappa shape index (κ1) is 14.5. The van der Waals surface area contributed by atoms with Gasteiger partial charge in [-0.25, -0.2) is 4.98 Å². The minimum Gasteiger partial charge on any atom is -0.439 e. The van der Waals surface area contributed by atoms with Crippen molar-refractivity contribution in [1.82, 2.24) is 4.98 Å². The lowest BCUT2D eigenvalue weighted by Gasteiger charge is -2.17. The number of rotatable bonds is 3. The smallest absolute Gasteiger partial charge is 0.258 e. The highest BCUT2D eigenvalue weighted by Gasteiger charge is 2.25. The van der Waals surface area contributed by atoms with Gasteiger partial charge in [0, 0.05) is 30.1 Å². The molecule has 2 aromatic carbocycles. The van der Waals surface area contributed by atoms with Gasteiger partial charge < -0.3 is 9.64 Å². The molecule has 1 aliphatic rings. The lowest BCUT2D eigenvalue weighted by Crippen LogP contribution is -2.28. The number of ether oxygens (including phenoxy) is 1. The van der Waals surface area contributed by atoms with E-state index in [0.29, 0.717) is 23.7 Å². The predicted octanol–water partition coefficient (Wildman–Crippen LogP) is 4.08. The van der Waals surface area contributed by atoms with Crippen LogP contribution in [0.3, 0.4) is 0 Å². The summed E-state index contributed by atoms with van der Waals surface area (Å²) in [5.74, 6) is 1.10. The summed E-state index contributed by atoms with van der Waals surface area (Å²) in [5, 5.41) is 0. The van der Waals surface area contributed by atoms with Gasteiger partial charge in [0.25, 0.3) is 5.91 Å². The molecule has 4 heteroatoms. The van der Waals surface area contributed by atoms with Gasteiger partial charge in [-0.15, -0.1) is 0 Å². The number of carbonyl (C=O) groups excluding carboxylic acids is 1. The molecule has 1 aromatic heterocycles. The summed E-state index contributed by atoms with van der Waals surface area (Å²) in [6, 6.07) is 20.7. The molecular formula is C20H16N2O2. The molecule has 1 aliphatic heterocycles. The largest absolute Gasteiger partial charge is 0.439 e. The van der Waals surface area contributed by atoms with E-state index in [1.165, 1.54) is 5.56 Å². The molecule has 0 saturated carbocycles. The lowest BCUT2D eigenvalue weighted by molar-refractivity contribution is 0.0989. The lowest BCUT2D eigenvalue weighted by atomic mass is 10.1. The molecule has 24 heavy (non-hydrogen) atoms. The van der Waals surface area contributed by atoms with E-state index >= 15 is 0 Å². The van der Waals surface area contributed by atoms with Crippen LogP contribution in [0.4, 0.5) is 5.69 Å². The van der Waals surface area contributed by atoms with Crippen molar-refractivity contribution in [3.8, 4) is 11.6 Å². The van der Waals surface area contributed by atoms with E-state index in [1.807, 2.05) is 53.4 Å². The number of hydrogen-bond acceptors (Lipinski definition) is 3. The molecule has 118 valence electrons. The van der Waals surface area contributed by atoms with Crippen molar-refractivity contribution < 1.29 is 9.53 Å². The zero-order chi connectivity index (χ0) is 16.4. The zero-order valence-electron chi connectivity index (χ0n) is 13.1. The van der Waals surface area contributed by atoms with Gasteiger partial charge in [0.05, 0.1) is 0 Å². The minimum absolute atomic E-state index is 0.00794. The Labute approximate surface area is 140 Å². The Morgan fingerprint density at radius 2 is 1.88 bits per heavy atom. The average Bonchev–Trinajstić information content (AvgIpc) is 3.06. The van der Waals surface area contributed by atoms with E-state index in [2.05, 4.69) is 11.1 Å². The monoisotopic (exact) mass is 316 g/mol. The summed E-state index contributed by atoms with van der Waals surface area (Å²) >= 11 is 0. The van der Waals surface area contributed by atoms with Gasteiger partial charge in [0.15, 0.2) is 0 Å². The van der Waals surface area contributed by atoms with Crippen molar-refractivity contribution >= 4 is 11.6 Å². The number of para-hydroxylation sites is 1. The van der Waals surface area contributed by atoms with E-state index in [1.54, 1.807) is 18.3 Å². The van der Waals surface area contributed by atoms with Crippen LogP contribution in [-0.4, -0.2) is 17.4 Å². The third-order valence-corrected chi connectivity index (χ3v) is 4.07. The van der Waals surface area contributed by atoms with E-state index in [4.69, 9.17) is 4.74 Å². The maximum Gasteiger partial charge on any atom is 0.258 e. The average molecular weight is 316 g/mol. The standard InChI is InChI=1S/C20H16N2O2/c23-20(22-13-11-15-6-1-2-9-18(15)22)16-7-5-8-17(14-16)24-19-10-3-4-12-21-19/h1-10,12,14H,11,13H2. The van der Waals surface area contributed by atoms with Crippen molar-refractivity contribution in [3.63, 3.8) is 0 Å². The molecule has 0 atom stereocenters. The van der Waals surface area contributed by atoms with E-state index in [9.17, 15) is 4.79 Å². The normalized spacial score (nSPS) is 12.8. The molecular weight excluding hydrogens is 300 g/mol. The fourth-order valence-electron chi connectivity index (χ4n) is 2.93. The summed E-state index contributed by atoms with van der Waals surface area (Å²) in [6.45, 7) is 0.712. The van der Waals surface area contributed by atoms with Crippen LogP contribution in [0.2, 0.25) is 0 Å². The second-order valence-electron chi connectivity index (χ2n) is 5.63. The molecule has 4 rings (SSSR count). The predicted molar refractivity (Wildman–Crippen MR) is 92.6 cm³/mol. The maximum atomic E-state index is 12.9. The molecule has 0 saturated heterocycles. The highest BCUT2D eigenvalue weighted by Crippen LogP contribution is 2.29. The Morgan fingerprint density at radius 3 is 2.75 bits per heavy atom. The van der Waals surface area contributed by atoms with Crippen LogP contribution in [0.1, 0.15) is 15.9 Å². The number of benzene rings is 2. The molecule has 0 radical (unpaired) electrons. The topological polar surface area (TPSA) is 42.4 Å². The summed E-state index contributed by atoms with van der Waals surface area (Å²) in [5.41, 5.74) is 2.82. The van der Waals surface area contributed by atoms with Gasteiger partial charge in [0.2, 0.25) is 5.88 Å². The van der Waals surface area contributed by atoms with Crippen molar-refractivity contribution in [2.45, 2.75) is 6.42 Å². The van der Waals surface area contributed by atoms with Crippen molar-refractivity contribution in [3.05, 3.63) is 84.1 Å². The van der Waals surface area contributed by atoms with Crippen LogP contribution in [0.5, 0.6) is 11.6 Å². The number of anilines is 1. The molecule has 3 aromatic rings. The third kappa shape index (κ3) is 2.74. The van der Waals surface area contributed by atoms with Crippen LogP contribution in [0.25, 0.3) is 0 Å². The molecule has 2 heterocycles. The maximum absolute atomic E-state index is 12.9. The van der Waals surface area contributed by atoms with Gasteiger partial charge in [0.1, 0.15) is 5.75 Å². The Bertz CT molecular complexity index is 878. The van der Waals surface area contributed by atoms with Crippen LogP contribution in [-0.2, 0) is 6.42 Å². The number of nitrogens with zero attached hydrogens (tertiary/aromatic N) is 2. The van der Waals surface area contributed by atoms with Gasteiger partial charge in [-0.1, -0.05) is 30.3 Å². The third-order valence-electron chi connectivity index (χ3n) is 4.07. The van der Waals surface area contributed by atoms with E-state index in [-0.39, 0.29) is 5.91 Å². The molecule has 0 unspecified atom stereocenters. The molecule has 0 bridgehead atoms. The number of carbonyl (C=O) groups is 1. The van der Waals surface area contributed by atoms with Crippen LogP contribution >= 0.6 is 0 Å². The van der Waals surface area contributed by atoms with Crippen LogP contribution in [0, 0.1) is 0 Å². The second-order valence-corrected chi connectivity index (χ2v) is 5.63. The molecule has 4 nitrogen and oxygen atoms in total. The minimum atomic E-state index is -0.00794. The van der Waals surface area contributed by atoms with Gasteiger partial charge in [-0.3, -0.25) is 4.79 Å². The quantitative estimate of drug-likeness (QED) is 0.731. The number of hydrogen-bond donors (Lipinski definition) is 0. The molecule has 1 amide bonds. The second kappa shape index (κ2) is 6.16. The first-order chi connectivity index (χ1) is 11.8. The summed E-state index contributed by atoms with van der Waals surface area (Å²) in [6.07, 6.45) is 2.57. The molecule has 0 N–H and O–H groups in total. The van der Waals surface area contributed by atoms with Gasteiger partial charge in [-0.05, 0) is 42.3 Å². The number of amides is 1. The Kier molecular flexibility index (Phi) is 3.71. The Morgan fingerprint density at radius 1 is 1.00 bits per heavy atom. The number of pyridine rings is 1. The fourth-order valence-corrected chi connectivity index (χ4v) is 2.93. The van der Waals surface area contributed by atoms with Crippen molar-refractivity contribution in [2.75, 3.05) is 11.4 Å². The Balaban J connectivity index is 1.59. The SMILES string of the molecule is O=C(c1cccc(Oc2ccccn2)c1)N1CCc2ccccc21. The summed E-state index contributed by atoms with van der Waals surface area (Å²) < 4.78 is 5.72. The summed E-state index contributed by atoms with van der Waals surface area (Å²) in [7, 11) is 0. The summed E-state index contributed by atoms with van der Waals surface area (Å²) in [4.78, 5) is 18.8. The molecule has 0 aliphatic carbocycles. The van der Waals surface area contributed by atoms with Crippen LogP contribution < -0.4 is 9.64 Å². The highest BCUT2D eigenvalue weighted by molar-refractivity contribution is 6.07. The van der Waals surface area contributed by atoms with Crippen LogP contribution in [0.15, 0.2) is 72.9 Å². The van der Waals surface area contributed by atoms with Crippen molar-refractivity contribution in [1.29, 1.82) is 0 Å². The fraction of sp³-hybridized carbons (Fsp3) is 0.100. The van der Waals surface area contributed by atoms with Gasteiger partial charge >= 0.3 is 0 Å². The Hall–Kier alpha value is -3.14. The first-order valence-corrected chi connectivity index (χ1v) is 7.90. The molecule has 0 fully saturated rings. The zero-order valence-corrected chi connectivity index (χ0v) is 13.1. The van der Waals surface area contributed by atoms with E-state index in [0.717, 1.165) is 12.1 Å². The van der Waals surface area contributed by atoms with E-state index < -0.39 is 0 Å². The number of aromatic nitrogens is 1. The molecule has 0 spiro atoms.